The van der Waals surface area contributed by atoms with E-state index in [1.165, 1.54) is 18.3 Å². The first kappa shape index (κ1) is 21.0. The molecule has 0 atom stereocenters. The third-order valence-corrected chi connectivity index (χ3v) is 4.63. The Hall–Kier alpha value is -3.71. The largest absolute Gasteiger partial charge is 0.489 e. The number of hydrogen-bond donors (Lipinski definition) is 1. The summed E-state index contributed by atoms with van der Waals surface area (Å²) in [5.74, 6) is 0.252. The molecule has 1 amide bonds. The minimum atomic E-state index is -0.441. The Balaban J connectivity index is 1.54. The fraction of sp³-hybridized carbons (Fsp3) is 0.0909. The Labute approximate surface area is 178 Å². The lowest BCUT2D eigenvalue weighted by Crippen LogP contribution is -2.17. The van der Waals surface area contributed by atoms with Gasteiger partial charge in [0.15, 0.2) is 0 Å². The molecular weight excluding hydrogens is 406 g/mol. The molecule has 0 heterocycles. The highest BCUT2D eigenvalue weighted by Gasteiger charge is 2.07. The first-order valence-corrected chi connectivity index (χ1v) is 9.36. The number of nitrogens with zero attached hydrogens (tertiary/aromatic N) is 2. The van der Waals surface area contributed by atoms with Crippen molar-refractivity contribution < 1.29 is 14.5 Å². The third kappa shape index (κ3) is 5.65. The molecule has 0 unspecified atom stereocenters. The average Bonchev–Trinajstić information content (AvgIpc) is 2.75. The van der Waals surface area contributed by atoms with Gasteiger partial charge in [-0.25, -0.2) is 5.43 Å². The molecule has 0 radical (unpaired) electrons. The quantitative estimate of drug-likeness (QED) is 0.332. The van der Waals surface area contributed by atoms with Crippen molar-refractivity contribution in [1.29, 1.82) is 0 Å². The zero-order valence-electron chi connectivity index (χ0n) is 16.0. The Morgan fingerprint density at radius 3 is 2.63 bits per heavy atom. The molecule has 0 aromatic heterocycles. The molecule has 0 saturated heterocycles. The summed E-state index contributed by atoms with van der Waals surface area (Å²) in [6.07, 6.45) is 1.51. The van der Waals surface area contributed by atoms with Crippen LogP contribution in [-0.4, -0.2) is 17.0 Å². The van der Waals surface area contributed by atoms with Crippen molar-refractivity contribution in [2.45, 2.75) is 13.5 Å². The second kappa shape index (κ2) is 9.67. The lowest BCUT2D eigenvalue weighted by atomic mass is 10.1. The van der Waals surface area contributed by atoms with Crippen molar-refractivity contribution in [2.75, 3.05) is 0 Å². The van der Waals surface area contributed by atoms with E-state index in [0.29, 0.717) is 21.9 Å². The van der Waals surface area contributed by atoms with Crippen LogP contribution in [0.3, 0.4) is 0 Å². The number of non-ortho nitro benzene ring substituents is 1. The van der Waals surface area contributed by atoms with Crippen LogP contribution in [0.2, 0.25) is 5.02 Å². The summed E-state index contributed by atoms with van der Waals surface area (Å²) in [6.45, 7) is 2.07. The summed E-state index contributed by atoms with van der Waals surface area (Å²) < 4.78 is 5.65. The molecule has 3 aromatic rings. The zero-order valence-corrected chi connectivity index (χ0v) is 16.8. The van der Waals surface area contributed by atoms with Crippen molar-refractivity contribution in [3.05, 3.63) is 104 Å². The minimum absolute atomic E-state index is 0.0256. The van der Waals surface area contributed by atoms with Gasteiger partial charge in [-0.2, -0.15) is 5.10 Å². The average molecular weight is 424 g/mol. The molecule has 30 heavy (non-hydrogen) atoms. The topological polar surface area (TPSA) is 93.8 Å². The Bertz CT molecular complexity index is 1100. The number of nitrogens with one attached hydrogen (secondary N) is 1. The molecule has 0 fully saturated rings. The lowest BCUT2D eigenvalue weighted by Gasteiger charge is -2.06. The van der Waals surface area contributed by atoms with Crippen LogP contribution in [0.1, 0.15) is 27.0 Å². The predicted molar refractivity (Wildman–Crippen MR) is 115 cm³/mol. The van der Waals surface area contributed by atoms with E-state index in [9.17, 15) is 14.9 Å². The summed E-state index contributed by atoms with van der Waals surface area (Å²) in [5, 5.41) is 15.3. The van der Waals surface area contributed by atoms with Gasteiger partial charge in [-0.05, 0) is 60.0 Å². The number of benzene rings is 3. The van der Waals surface area contributed by atoms with Crippen LogP contribution in [-0.2, 0) is 6.61 Å². The molecule has 3 rings (SSSR count). The number of carbonyl (C=O) groups is 1. The number of amides is 1. The van der Waals surface area contributed by atoms with Crippen molar-refractivity contribution in [1.82, 2.24) is 5.43 Å². The Morgan fingerprint density at radius 1 is 1.17 bits per heavy atom. The van der Waals surface area contributed by atoms with E-state index in [1.54, 1.807) is 54.6 Å². The molecule has 0 spiro atoms. The number of halogens is 1. The van der Waals surface area contributed by atoms with Crippen molar-refractivity contribution in [3.8, 4) is 5.75 Å². The van der Waals surface area contributed by atoms with Gasteiger partial charge < -0.3 is 4.74 Å². The highest BCUT2D eigenvalue weighted by Crippen LogP contribution is 2.18. The molecule has 0 bridgehead atoms. The molecule has 0 aliphatic rings. The molecule has 0 saturated carbocycles. The number of hydrazone groups is 1. The Morgan fingerprint density at radius 2 is 1.93 bits per heavy atom. The summed E-state index contributed by atoms with van der Waals surface area (Å²) >= 11 is 6.03. The number of nitro groups is 1. The summed E-state index contributed by atoms with van der Waals surface area (Å²) in [6, 6.07) is 18.4. The molecule has 0 aliphatic heterocycles. The van der Waals surface area contributed by atoms with Crippen LogP contribution < -0.4 is 10.2 Å². The third-order valence-electron chi connectivity index (χ3n) is 4.22. The zero-order chi connectivity index (χ0) is 21.5. The van der Waals surface area contributed by atoms with E-state index >= 15 is 0 Å². The molecule has 8 heteroatoms. The molecule has 7 nitrogen and oxygen atoms in total. The first-order valence-electron chi connectivity index (χ1n) is 8.98. The second-order valence-corrected chi connectivity index (χ2v) is 6.86. The summed E-state index contributed by atoms with van der Waals surface area (Å²) in [5.41, 5.74) is 5.26. The second-order valence-electron chi connectivity index (χ2n) is 6.45. The predicted octanol–water partition coefficient (Wildman–Crippen LogP) is 4.90. The SMILES string of the molecule is Cc1ccc(C(=O)N/N=C\c2ccc(OCc3cccc([N+](=O)[O-])c3)cc2)cc1Cl. The smallest absolute Gasteiger partial charge is 0.271 e. The first-order chi connectivity index (χ1) is 14.4. The number of ether oxygens (including phenoxy) is 1. The lowest BCUT2D eigenvalue weighted by molar-refractivity contribution is -0.384. The molecule has 3 aromatic carbocycles. The van der Waals surface area contributed by atoms with Crippen molar-refractivity contribution in [2.24, 2.45) is 5.10 Å². The number of carbonyl (C=O) groups excluding carboxylic acids is 1. The van der Waals surface area contributed by atoms with Crippen LogP contribution in [0.15, 0.2) is 71.8 Å². The van der Waals surface area contributed by atoms with Gasteiger partial charge in [0, 0.05) is 22.7 Å². The summed E-state index contributed by atoms with van der Waals surface area (Å²) in [7, 11) is 0. The van der Waals surface area contributed by atoms with Gasteiger partial charge in [0.25, 0.3) is 11.6 Å². The van der Waals surface area contributed by atoms with Crippen LogP contribution in [0.5, 0.6) is 5.75 Å². The molecule has 1 N–H and O–H groups in total. The van der Waals surface area contributed by atoms with E-state index < -0.39 is 4.92 Å². The molecular formula is C22H18ClN3O4. The normalized spacial score (nSPS) is 10.7. The van der Waals surface area contributed by atoms with Crippen molar-refractivity contribution >= 4 is 29.4 Å². The van der Waals surface area contributed by atoms with Gasteiger partial charge in [-0.15, -0.1) is 0 Å². The van der Waals surface area contributed by atoms with Gasteiger partial charge in [0.2, 0.25) is 0 Å². The van der Waals surface area contributed by atoms with Crippen LogP contribution in [0.4, 0.5) is 5.69 Å². The maximum absolute atomic E-state index is 12.1. The standard InChI is InChI=1S/C22H18ClN3O4/c1-15-5-8-18(12-21(15)23)22(27)25-24-13-16-6-9-20(10-7-16)30-14-17-3-2-4-19(11-17)26(28)29/h2-13H,14H2,1H3,(H,25,27)/b24-13-. The molecule has 0 aliphatic carbocycles. The molecule has 152 valence electrons. The highest BCUT2D eigenvalue weighted by atomic mass is 35.5. The van der Waals surface area contributed by atoms with E-state index in [1.807, 2.05) is 6.92 Å². The van der Waals surface area contributed by atoms with Gasteiger partial charge >= 0.3 is 0 Å². The van der Waals surface area contributed by atoms with E-state index in [4.69, 9.17) is 16.3 Å². The number of rotatable bonds is 7. The van der Waals surface area contributed by atoms with Crippen LogP contribution in [0, 0.1) is 17.0 Å². The fourth-order valence-electron chi connectivity index (χ4n) is 2.54. The fourth-order valence-corrected chi connectivity index (χ4v) is 2.72. The van der Waals surface area contributed by atoms with Gasteiger partial charge in [-0.1, -0.05) is 29.8 Å². The number of nitro benzene ring substituents is 1. The monoisotopic (exact) mass is 423 g/mol. The summed E-state index contributed by atoms with van der Waals surface area (Å²) in [4.78, 5) is 22.5. The van der Waals surface area contributed by atoms with Crippen LogP contribution in [0.25, 0.3) is 0 Å². The van der Waals surface area contributed by atoms with E-state index in [2.05, 4.69) is 10.5 Å². The number of hydrogen-bond acceptors (Lipinski definition) is 5. The van der Waals surface area contributed by atoms with Crippen LogP contribution >= 0.6 is 11.6 Å². The van der Waals surface area contributed by atoms with Gasteiger partial charge in [-0.3, -0.25) is 14.9 Å². The van der Waals surface area contributed by atoms with E-state index in [-0.39, 0.29) is 18.2 Å². The maximum atomic E-state index is 12.1. The van der Waals surface area contributed by atoms with Gasteiger partial charge in [0.1, 0.15) is 12.4 Å². The van der Waals surface area contributed by atoms with Gasteiger partial charge in [0.05, 0.1) is 11.1 Å². The van der Waals surface area contributed by atoms with Crippen molar-refractivity contribution in [3.63, 3.8) is 0 Å². The van der Waals surface area contributed by atoms with E-state index in [0.717, 1.165) is 11.1 Å². The number of aryl methyl sites for hydroxylation is 1. The maximum Gasteiger partial charge on any atom is 0.271 e. The minimum Gasteiger partial charge on any atom is -0.489 e. The highest BCUT2D eigenvalue weighted by molar-refractivity contribution is 6.31. The Kier molecular flexibility index (Phi) is 6.77.